The Bertz CT molecular complexity index is 1270. The number of hydrogen-bond acceptors (Lipinski definition) is 7. The molecule has 0 aliphatic heterocycles. The Hall–Kier alpha value is -3.24. The number of amides is 2. The van der Waals surface area contributed by atoms with Gasteiger partial charge in [-0.15, -0.1) is 10.2 Å². The molecule has 2 aromatic carbocycles. The molecule has 0 saturated carbocycles. The smallest absolute Gasteiger partial charge is 0.252 e. The number of thiazole rings is 1. The van der Waals surface area contributed by atoms with Crippen molar-refractivity contribution in [2.45, 2.75) is 38.5 Å². The Morgan fingerprint density at radius 3 is 2.64 bits per heavy atom. The van der Waals surface area contributed by atoms with Gasteiger partial charge >= 0.3 is 0 Å². The lowest BCUT2D eigenvalue weighted by Crippen LogP contribution is -2.29. The van der Waals surface area contributed by atoms with Crippen molar-refractivity contribution >= 4 is 50.3 Å². The number of para-hydroxylation sites is 1. The Morgan fingerprint density at radius 1 is 1.12 bits per heavy atom. The molecule has 10 heteroatoms. The van der Waals surface area contributed by atoms with Crippen LogP contribution in [0.3, 0.4) is 0 Å². The number of aromatic nitrogens is 4. The van der Waals surface area contributed by atoms with E-state index in [9.17, 15) is 9.59 Å². The van der Waals surface area contributed by atoms with Crippen molar-refractivity contribution in [1.82, 2.24) is 25.1 Å². The maximum absolute atomic E-state index is 12.7. The molecule has 2 aromatic heterocycles. The van der Waals surface area contributed by atoms with Gasteiger partial charge in [-0.05, 0) is 44.5 Å². The first-order valence-electron chi connectivity index (χ1n) is 10.5. The minimum absolute atomic E-state index is 0.157. The van der Waals surface area contributed by atoms with E-state index in [0.717, 1.165) is 15.8 Å². The zero-order valence-corrected chi connectivity index (χ0v) is 20.2. The second kappa shape index (κ2) is 10.1. The summed E-state index contributed by atoms with van der Waals surface area (Å²) in [6.07, 6.45) is 0. The molecule has 4 aromatic rings. The van der Waals surface area contributed by atoms with E-state index in [0.29, 0.717) is 28.2 Å². The van der Waals surface area contributed by atoms with Crippen LogP contribution in [0.2, 0.25) is 0 Å². The number of fused-ring (bicyclic) bond motifs is 1. The summed E-state index contributed by atoms with van der Waals surface area (Å²) in [5, 5.41) is 15.6. The van der Waals surface area contributed by atoms with Gasteiger partial charge < -0.3 is 15.2 Å². The molecule has 0 radical (unpaired) electrons. The number of rotatable bonds is 8. The van der Waals surface area contributed by atoms with Gasteiger partial charge in [0, 0.05) is 12.1 Å². The first kappa shape index (κ1) is 22.9. The second-order valence-corrected chi connectivity index (χ2v) is 9.39. The number of carbonyl (C=O) groups excluding carboxylic acids is 2. The number of benzene rings is 2. The molecule has 0 bridgehead atoms. The molecule has 8 nitrogen and oxygen atoms in total. The molecule has 1 atom stereocenters. The third-order valence-corrected chi connectivity index (χ3v) is 6.98. The number of nitrogens with one attached hydrogen (secondary N) is 2. The summed E-state index contributed by atoms with van der Waals surface area (Å²) in [6, 6.07) is 14.9. The van der Waals surface area contributed by atoms with Crippen LogP contribution in [-0.4, -0.2) is 37.3 Å². The lowest BCUT2D eigenvalue weighted by Gasteiger charge is -2.16. The van der Waals surface area contributed by atoms with Crippen LogP contribution in [-0.2, 0) is 11.3 Å². The van der Waals surface area contributed by atoms with Crippen molar-refractivity contribution in [2.24, 2.45) is 0 Å². The van der Waals surface area contributed by atoms with Gasteiger partial charge in [0.2, 0.25) is 5.91 Å². The van der Waals surface area contributed by atoms with E-state index in [4.69, 9.17) is 0 Å². The van der Waals surface area contributed by atoms with Gasteiger partial charge in [0.05, 0.1) is 22.0 Å². The second-order valence-electron chi connectivity index (χ2n) is 7.42. The monoisotopic (exact) mass is 480 g/mol. The molecule has 0 saturated heterocycles. The Labute approximate surface area is 199 Å². The molecule has 0 spiro atoms. The lowest BCUT2D eigenvalue weighted by atomic mass is 10.1. The van der Waals surface area contributed by atoms with Crippen molar-refractivity contribution < 1.29 is 9.59 Å². The van der Waals surface area contributed by atoms with Gasteiger partial charge in [0.1, 0.15) is 0 Å². The number of hydrogen-bond donors (Lipinski definition) is 2. The van der Waals surface area contributed by atoms with Crippen molar-refractivity contribution in [2.75, 3.05) is 11.1 Å². The van der Waals surface area contributed by atoms with Crippen molar-refractivity contribution in [3.05, 3.63) is 65.5 Å². The Balaban J connectivity index is 1.39. The van der Waals surface area contributed by atoms with Gasteiger partial charge in [0.15, 0.2) is 16.1 Å². The van der Waals surface area contributed by atoms with Gasteiger partial charge in [-0.2, -0.15) is 0 Å². The van der Waals surface area contributed by atoms with Crippen LogP contribution in [0.25, 0.3) is 10.2 Å². The highest BCUT2D eigenvalue weighted by atomic mass is 32.2. The molecule has 4 rings (SSSR count). The number of nitrogens with zero attached hydrogens (tertiary/aromatic N) is 4. The molecule has 0 aliphatic carbocycles. The summed E-state index contributed by atoms with van der Waals surface area (Å²) in [7, 11) is 0. The minimum Gasteiger partial charge on any atom is -0.342 e. The highest BCUT2D eigenvalue weighted by Crippen LogP contribution is 2.26. The molecule has 0 fully saturated rings. The van der Waals surface area contributed by atoms with Crippen molar-refractivity contribution in [3.63, 3.8) is 0 Å². The molecule has 170 valence electrons. The molecule has 2 heterocycles. The van der Waals surface area contributed by atoms with E-state index in [2.05, 4.69) is 25.8 Å². The molecular formula is C23H24N6O2S2. The normalized spacial score (nSPS) is 12.0. The fourth-order valence-electron chi connectivity index (χ4n) is 3.40. The number of carbonyl (C=O) groups is 2. The fourth-order valence-corrected chi connectivity index (χ4v) is 5.09. The number of anilines is 1. The maximum atomic E-state index is 12.7. The van der Waals surface area contributed by atoms with Gasteiger partial charge in [-0.1, -0.05) is 53.4 Å². The molecule has 2 amide bonds. The third-order valence-electron chi connectivity index (χ3n) is 5.06. The topological polar surface area (TPSA) is 102 Å². The van der Waals surface area contributed by atoms with E-state index in [1.807, 2.05) is 67.8 Å². The minimum atomic E-state index is -0.338. The van der Waals surface area contributed by atoms with Gasteiger partial charge in [-0.25, -0.2) is 4.98 Å². The van der Waals surface area contributed by atoms with Crippen LogP contribution in [0.15, 0.2) is 53.7 Å². The third kappa shape index (κ3) is 5.23. The maximum Gasteiger partial charge on any atom is 0.252 e. The largest absolute Gasteiger partial charge is 0.342 e. The molecule has 0 unspecified atom stereocenters. The van der Waals surface area contributed by atoms with E-state index in [1.54, 1.807) is 6.07 Å². The lowest BCUT2D eigenvalue weighted by molar-refractivity contribution is -0.113. The van der Waals surface area contributed by atoms with Crippen LogP contribution >= 0.6 is 23.1 Å². The quantitative estimate of drug-likeness (QED) is 0.362. The average Bonchev–Trinajstić information content (AvgIpc) is 3.40. The zero-order valence-electron chi connectivity index (χ0n) is 18.5. The molecular weight excluding hydrogens is 456 g/mol. The van der Waals surface area contributed by atoms with Gasteiger partial charge in [0.25, 0.3) is 5.91 Å². The predicted molar refractivity (Wildman–Crippen MR) is 132 cm³/mol. The standard InChI is InChI=1S/C23H24N6O2S2/c1-4-29-20(15(3)24-21(31)16-10-6-5-9-14(16)2)27-28-23(29)32-13-19(30)26-22-25-17-11-7-8-12-18(17)33-22/h5-12,15H,4,13H2,1-3H3,(H,24,31)(H,25,26,30)/t15-/m0/s1. The number of thioether (sulfide) groups is 1. The summed E-state index contributed by atoms with van der Waals surface area (Å²) < 4.78 is 2.94. The fraction of sp³-hybridized carbons (Fsp3) is 0.261. The first-order valence-corrected chi connectivity index (χ1v) is 12.3. The van der Waals surface area contributed by atoms with Gasteiger partial charge in [-0.3, -0.25) is 9.59 Å². The van der Waals surface area contributed by atoms with E-state index >= 15 is 0 Å². The van der Waals surface area contributed by atoms with Crippen LogP contribution in [0.1, 0.15) is 41.6 Å². The molecule has 2 N–H and O–H groups in total. The summed E-state index contributed by atoms with van der Waals surface area (Å²) >= 11 is 2.75. The zero-order chi connectivity index (χ0) is 23.4. The first-order chi connectivity index (χ1) is 16.0. The van der Waals surface area contributed by atoms with Crippen LogP contribution < -0.4 is 10.6 Å². The average molecular weight is 481 g/mol. The highest BCUT2D eigenvalue weighted by molar-refractivity contribution is 7.99. The van der Waals surface area contributed by atoms with Crippen LogP contribution in [0, 0.1) is 6.92 Å². The molecule has 0 aliphatic rings. The molecule has 33 heavy (non-hydrogen) atoms. The van der Waals surface area contributed by atoms with Crippen LogP contribution in [0.5, 0.6) is 0 Å². The van der Waals surface area contributed by atoms with E-state index < -0.39 is 0 Å². The van der Waals surface area contributed by atoms with Crippen molar-refractivity contribution in [3.8, 4) is 0 Å². The Kier molecular flexibility index (Phi) is 7.05. The number of aryl methyl sites for hydroxylation is 1. The summed E-state index contributed by atoms with van der Waals surface area (Å²) in [5.41, 5.74) is 2.41. The predicted octanol–water partition coefficient (Wildman–Crippen LogP) is 4.44. The van der Waals surface area contributed by atoms with E-state index in [1.165, 1.54) is 23.1 Å². The summed E-state index contributed by atoms with van der Waals surface area (Å²) in [6.45, 7) is 6.38. The Morgan fingerprint density at radius 2 is 1.88 bits per heavy atom. The highest BCUT2D eigenvalue weighted by Gasteiger charge is 2.21. The van der Waals surface area contributed by atoms with E-state index in [-0.39, 0.29) is 23.6 Å². The summed E-state index contributed by atoms with van der Waals surface area (Å²) in [4.78, 5) is 29.6. The van der Waals surface area contributed by atoms with Crippen molar-refractivity contribution in [1.29, 1.82) is 0 Å². The van der Waals surface area contributed by atoms with Crippen LogP contribution in [0.4, 0.5) is 5.13 Å². The SMILES string of the molecule is CCn1c(SCC(=O)Nc2nc3ccccc3s2)nnc1[C@H](C)NC(=O)c1ccccc1C. The summed E-state index contributed by atoms with van der Waals surface area (Å²) in [5.74, 6) is 0.509.